The molecule has 0 atom stereocenters. The van der Waals surface area contributed by atoms with Crippen LogP contribution in [0.5, 0.6) is 0 Å². The van der Waals surface area contributed by atoms with Crippen molar-refractivity contribution < 1.29 is 0 Å². The molecule has 0 saturated heterocycles. The number of rotatable bonds is 3. The van der Waals surface area contributed by atoms with E-state index in [9.17, 15) is 4.79 Å². The average molecular weight is 358 g/mol. The van der Waals surface area contributed by atoms with Crippen LogP contribution in [0.25, 0.3) is 22.3 Å². The molecule has 0 radical (unpaired) electrons. The summed E-state index contributed by atoms with van der Waals surface area (Å²) in [7, 11) is 0. The fourth-order valence-corrected chi connectivity index (χ4v) is 3.64. The summed E-state index contributed by atoms with van der Waals surface area (Å²) in [5.41, 5.74) is 4.66. The molecule has 1 aliphatic rings. The molecule has 27 heavy (non-hydrogen) atoms. The molecule has 1 aliphatic heterocycles. The van der Waals surface area contributed by atoms with Crippen LogP contribution in [0.2, 0.25) is 0 Å². The lowest BCUT2D eigenvalue weighted by atomic mass is 10.0. The Morgan fingerprint density at radius 1 is 1.15 bits per heavy atom. The van der Waals surface area contributed by atoms with Crippen molar-refractivity contribution in [3.63, 3.8) is 0 Å². The van der Waals surface area contributed by atoms with Crippen molar-refractivity contribution in [2.45, 2.75) is 19.5 Å². The van der Waals surface area contributed by atoms with Crippen molar-refractivity contribution in [2.75, 3.05) is 6.54 Å². The number of nitrogens with one attached hydrogen (secondary N) is 2. The van der Waals surface area contributed by atoms with Crippen LogP contribution in [0.3, 0.4) is 0 Å². The molecule has 0 amide bonds. The van der Waals surface area contributed by atoms with Crippen LogP contribution in [0, 0.1) is 0 Å². The van der Waals surface area contributed by atoms with Gasteiger partial charge in [0, 0.05) is 49.3 Å². The molecule has 0 aliphatic carbocycles. The van der Waals surface area contributed by atoms with Gasteiger partial charge >= 0.3 is 0 Å². The molecule has 1 aromatic carbocycles. The third-order valence-electron chi connectivity index (χ3n) is 5.01. The first-order chi connectivity index (χ1) is 13.3. The lowest BCUT2D eigenvalue weighted by Crippen LogP contribution is -2.35. The molecule has 0 saturated carbocycles. The second-order valence-electron chi connectivity index (χ2n) is 6.83. The predicted octanol–water partition coefficient (Wildman–Crippen LogP) is 2.27. The first-order valence-corrected chi connectivity index (χ1v) is 8.92. The van der Waals surface area contributed by atoms with Gasteiger partial charge in [-0.2, -0.15) is 0 Å². The van der Waals surface area contributed by atoms with Crippen molar-refractivity contribution >= 4 is 10.9 Å². The second-order valence-corrected chi connectivity index (χ2v) is 6.83. The Morgan fingerprint density at radius 2 is 2.04 bits per heavy atom. The van der Waals surface area contributed by atoms with E-state index in [1.807, 2.05) is 6.20 Å². The van der Waals surface area contributed by atoms with Gasteiger partial charge in [0.05, 0.1) is 11.3 Å². The van der Waals surface area contributed by atoms with Gasteiger partial charge < -0.3 is 9.97 Å². The summed E-state index contributed by atoms with van der Waals surface area (Å²) in [6.45, 7) is 2.32. The number of fused-ring (bicyclic) bond motifs is 2. The normalized spacial score (nSPS) is 14.4. The highest BCUT2D eigenvalue weighted by Crippen LogP contribution is 2.21. The van der Waals surface area contributed by atoms with E-state index in [0.29, 0.717) is 24.4 Å². The van der Waals surface area contributed by atoms with Crippen LogP contribution in [-0.2, 0) is 19.5 Å². The molecular formula is C20H18N6O. The zero-order valence-corrected chi connectivity index (χ0v) is 14.6. The minimum absolute atomic E-state index is 0.0636. The predicted molar refractivity (Wildman–Crippen MR) is 102 cm³/mol. The average Bonchev–Trinajstić information content (AvgIpc) is 3.16. The lowest BCUT2D eigenvalue weighted by Gasteiger charge is -2.27. The molecule has 4 heterocycles. The summed E-state index contributed by atoms with van der Waals surface area (Å²) in [4.78, 5) is 33.6. The number of H-pyrrole nitrogens is 2. The van der Waals surface area contributed by atoms with Crippen molar-refractivity contribution in [1.29, 1.82) is 0 Å². The highest BCUT2D eigenvalue weighted by molar-refractivity contribution is 5.79. The highest BCUT2D eigenvalue weighted by atomic mass is 16.1. The highest BCUT2D eigenvalue weighted by Gasteiger charge is 2.21. The smallest absolute Gasteiger partial charge is 0.254 e. The Bertz CT molecular complexity index is 1160. The summed E-state index contributed by atoms with van der Waals surface area (Å²) in [6, 6.07) is 8.54. The maximum atomic E-state index is 12.5. The zero-order chi connectivity index (χ0) is 18.2. The Hall–Kier alpha value is -3.32. The van der Waals surface area contributed by atoms with E-state index < -0.39 is 0 Å². The van der Waals surface area contributed by atoms with Crippen molar-refractivity contribution in [2.24, 2.45) is 0 Å². The van der Waals surface area contributed by atoms with Crippen molar-refractivity contribution in [3.8, 4) is 11.4 Å². The maximum absolute atomic E-state index is 12.5. The number of hydrogen-bond donors (Lipinski definition) is 2. The maximum Gasteiger partial charge on any atom is 0.254 e. The van der Waals surface area contributed by atoms with Gasteiger partial charge in [0.1, 0.15) is 12.2 Å². The monoisotopic (exact) mass is 358 g/mol. The zero-order valence-electron chi connectivity index (χ0n) is 14.6. The van der Waals surface area contributed by atoms with E-state index in [0.717, 1.165) is 29.9 Å². The molecule has 7 heteroatoms. The summed E-state index contributed by atoms with van der Waals surface area (Å²) in [5, 5.41) is 1.21. The van der Waals surface area contributed by atoms with Gasteiger partial charge in [0.15, 0.2) is 0 Å². The Balaban J connectivity index is 1.42. The minimum Gasteiger partial charge on any atom is -0.361 e. The van der Waals surface area contributed by atoms with E-state index in [4.69, 9.17) is 4.98 Å². The molecule has 0 spiro atoms. The number of aromatic amines is 2. The minimum atomic E-state index is -0.0636. The van der Waals surface area contributed by atoms with Crippen molar-refractivity contribution in [3.05, 3.63) is 76.4 Å². The summed E-state index contributed by atoms with van der Waals surface area (Å²) >= 11 is 0. The quantitative estimate of drug-likeness (QED) is 0.586. The largest absolute Gasteiger partial charge is 0.361 e. The van der Waals surface area contributed by atoms with E-state index in [1.54, 1.807) is 12.4 Å². The van der Waals surface area contributed by atoms with Gasteiger partial charge in [-0.1, -0.05) is 12.1 Å². The number of hydrogen-bond acceptors (Lipinski definition) is 5. The van der Waals surface area contributed by atoms with E-state index >= 15 is 0 Å². The molecular weight excluding hydrogens is 340 g/mol. The molecule has 2 N–H and O–H groups in total. The van der Waals surface area contributed by atoms with E-state index in [-0.39, 0.29) is 5.56 Å². The topological polar surface area (TPSA) is 90.6 Å². The fourth-order valence-electron chi connectivity index (χ4n) is 3.64. The molecule has 7 nitrogen and oxygen atoms in total. The molecule has 0 fully saturated rings. The third-order valence-corrected chi connectivity index (χ3v) is 5.01. The van der Waals surface area contributed by atoms with Crippen LogP contribution < -0.4 is 5.56 Å². The molecule has 3 aromatic heterocycles. The Labute approximate surface area is 155 Å². The van der Waals surface area contributed by atoms with Gasteiger partial charge in [0.2, 0.25) is 0 Å². The number of nitrogens with zero attached hydrogens (tertiary/aromatic N) is 4. The first kappa shape index (κ1) is 15.9. The number of aromatic nitrogens is 5. The standard InChI is InChI=1S/C20H18N6O/c27-20-16-4-6-26(10-13-1-2-14-3-5-23-17(14)7-13)11-18(16)24-19(25-20)15-8-21-12-22-9-15/h1-3,5,7-9,12,23H,4,6,10-11H2,(H,24,25,27). The Morgan fingerprint density at radius 3 is 2.93 bits per heavy atom. The van der Waals surface area contributed by atoms with Crippen LogP contribution in [-0.4, -0.2) is 36.4 Å². The van der Waals surface area contributed by atoms with Gasteiger partial charge in [-0.3, -0.25) is 9.69 Å². The Kier molecular flexibility index (Phi) is 3.79. The summed E-state index contributed by atoms with van der Waals surface area (Å²) < 4.78 is 0. The van der Waals surface area contributed by atoms with Gasteiger partial charge in [-0.05, 0) is 29.5 Å². The van der Waals surface area contributed by atoms with Gasteiger partial charge in [-0.25, -0.2) is 15.0 Å². The molecule has 4 aromatic rings. The molecule has 5 rings (SSSR count). The van der Waals surface area contributed by atoms with Crippen LogP contribution in [0.1, 0.15) is 16.8 Å². The van der Waals surface area contributed by atoms with Crippen LogP contribution >= 0.6 is 0 Å². The SMILES string of the molecule is O=c1[nH]c(-c2cncnc2)nc2c1CCN(Cc1ccc3cc[nH]c3c1)C2. The fraction of sp³-hybridized carbons (Fsp3) is 0.200. The van der Waals surface area contributed by atoms with Crippen LogP contribution in [0.4, 0.5) is 0 Å². The van der Waals surface area contributed by atoms with Gasteiger partial charge in [0.25, 0.3) is 5.56 Å². The van der Waals surface area contributed by atoms with Crippen LogP contribution in [0.15, 0.2) is 54.0 Å². The summed E-state index contributed by atoms with van der Waals surface area (Å²) in [6.07, 6.45) is 7.43. The molecule has 0 bridgehead atoms. The van der Waals surface area contributed by atoms with E-state index in [1.165, 1.54) is 17.3 Å². The first-order valence-electron chi connectivity index (χ1n) is 8.92. The molecule has 134 valence electrons. The lowest BCUT2D eigenvalue weighted by molar-refractivity contribution is 0.240. The summed E-state index contributed by atoms with van der Waals surface area (Å²) in [5.74, 6) is 0.522. The number of benzene rings is 1. The van der Waals surface area contributed by atoms with E-state index in [2.05, 4.69) is 49.1 Å². The van der Waals surface area contributed by atoms with Gasteiger partial charge in [-0.15, -0.1) is 0 Å². The molecule has 0 unspecified atom stereocenters. The van der Waals surface area contributed by atoms with Crippen molar-refractivity contribution in [1.82, 2.24) is 29.8 Å². The third kappa shape index (κ3) is 3.02. The second kappa shape index (κ2) is 6.44.